The second kappa shape index (κ2) is 9.90. The molecule has 1 saturated carbocycles. The van der Waals surface area contributed by atoms with Gasteiger partial charge in [0.05, 0.1) is 0 Å². The molecule has 26 heavy (non-hydrogen) atoms. The Bertz CT molecular complexity index is 554. The highest BCUT2D eigenvalue weighted by molar-refractivity contribution is 5.80. The van der Waals surface area contributed by atoms with Gasteiger partial charge in [-0.25, -0.2) is 9.98 Å². The summed E-state index contributed by atoms with van der Waals surface area (Å²) in [5.41, 5.74) is 0. The molecule has 0 amide bonds. The molecule has 0 radical (unpaired) electrons. The van der Waals surface area contributed by atoms with Crippen LogP contribution in [0.4, 0.5) is 0 Å². The van der Waals surface area contributed by atoms with Crippen molar-refractivity contribution in [2.24, 2.45) is 18.0 Å². The molecule has 1 saturated heterocycles. The van der Waals surface area contributed by atoms with Gasteiger partial charge in [0.25, 0.3) is 0 Å². The topological polar surface area (TPSA) is 70.4 Å². The molecule has 1 aromatic rings. The summed E-state index contributed by atoms with van der Waals surface area (Å²) < 4.78 is 1.77. The minimum Gasteiger partial charge on any atom is -0.357 e. The third kappa shape index (κ3) is 5.69. The Morgan fingerprint density at radius 3 is 2.62 bits per heavy atom. The molecule has 0 bridgehead atoms. The highest BCUT2D eigenvalue weighted by Gasteiger charge is 2.23. The molecule has 7 heteroatoms. The maximum absolute atomic E-state index is 4.68. The van der Waals surface area contributed by atoms with Crippen molar-refractivity contribution >= 4 is 5.96 Å². The lowest BCUT2D eigenvalue weighted by atomic mass is 9.88. The van der Waals surface area contributed by atoms with Crippen LogP contribution in [0, 0.1) is 5.92 Å². The van der Waals surface area contributed by atoms with E-state index in [1.165, 1.54) is 64.6 Å². The summed E-state index contributed by atoms with van der Waals surface area (Å²) in [6, 6.07) is 0.509. The molecule has 1 aliphatic carbocycles. The van der Waals surface area contributed by atoms with Crippen molar-refractivity contribution in [2.75, 3.05) is 26.2 Å². The van der Waals surface area contributed by atoms with Crippen molar-refractivity contribution in [2.45, 2.75) is 64.5 Å². The summed E-state index contributed by atoms with van der Waals surface area (Å²) in [6.45, 7) is 7.24. The van der Waals surface area contributed by atoms with Crippen molar-refractivity contribution in [3.63, 3.8) is 0 Å². The van der Waals surface area contributed by atoms with Crippen molar-refractivity contribution in [3.05, 3.63) is 12.2 Å². The van der Waals surface area contributed by atoms with E-state index in [-0.39, 0.29) is 0 Å². The molecular formula is C19H35N7. The van der Waals surface area contributed by atoms with Crippen molar-refractivity contribution in [1.29, 1.82) is 0 Å². The van der Waals surface area contributed by atoms with Gasteiger partial charge < -0.3 is 15.5 Å². The normalized spacial score (nSPS) is 21.1. The second-order valence-electron chi connectivity index (χ2n) is 7.72. The third-order valence-corrected chi connectivity index (χ3v) is 5.70. The first-order valence-corrected chi connectivity index (χ1v) is 10.3. The van der Waals surface area contributed by atoms with Gasteiger partial charge in [0, 0.05) is 39.3 Å². The quantitative estimate of drug-likeness (QED) is 0.598. The van der Waals surface area contributed by atoms with Gasteiger partial charge in [0.1, 0.15) is 18.7 Å². The monoisotopic (exact) mass is 361 g/mol. The lowest BCUT2D eigenvalue weighted by molar-refractivity contribution is 0.160. The number of aromatic nitrogens is 3. The molecule has 1 aliphatic heterocycles. The van der Waals surface area contributed by atoms with Gasteiger partial charge in [-0.15, -0.1) is 0 Å². The Labute approximate surface area is 157 Å². The highest BCUT2D eigenvalue weighted by Crippen LogP contribution is 2.25. The lowest BCUT2D eigenvalue weighted by Gasteiger charge is -2.36. The van der Waals surface area contributed by atoms with E-state index in [1.54, 1.807) is 11.0 Å². The number of hydrogen-bond donors (Lipinski definition) is 2. The Morgan fingerprint density at radius 2 is 1.96 bits per heavy atom. The van der Waals surface area contributed by atoms with Crippen LogP contribution in [0.3, 0.4) is 0 Å². The van der Waals surface area contributed by atoms with E-state index >= 15 is 0 Å². The lowest BCUT2D eigenvalue weighted by Crippen LogP contribution is -2.49. The van der Waals surface area contributed by atoms with E-state index in [0.717, 1.165) is 24.2 Å². The van der Waals surface area contributed by atoms with Crippen molar-refractivity contribution < 1.29 is 0 Å². The van der Waals surface area contributed by atoms with E-state index in [4.69, 9.17) is 0 Å². The number of piperidine rings is 1. The predicted octanol–water partition coefficient (Wildman–Crippen LogP) is 1.91. The van der Waals surface area contributed by atoms with Gasteiger partial charge in [-0.2, -0.15) is 5.10 Å². The van der Waals surface area contributed by atoms with Crippen LogP contribution in [0.25, 0.3) is 0 Å². The van der Waals surface area contributed by atoms with E-state index < -0.39 is 0 Å². The number of rotatable bonds is 6. The summed E-state index contributed by atoms with van der Waals surface area (Å²) in [7, 11) is 1.90. The van der Waals surface area contributed by atoms with Gasteiger partial charge in [-0.3, -0.25) is 4.68 Å². The smallest absolute Gasteiger partial charge is 0.191 e. The number of hydrogen-bond acceptors (Lipinski definition) is 4. The van der Waals surface area contributed by atoms with Crippen LogP contribution in [0.15, 0.2) is 11.3 Å². The van der Waals surface area contributed by atoms with Gasteiger partial charge in [0.15, 0.2) is 5.96 Å². The zero-order valence-corrected chi connectivity index (χ0v) is 16.5. The largest absolute Gasteiger partial charge is 0.357 e. The molecule has 3 rings (SSSR count). The van der Waals surface area contributed by atoms with Gasteiger partial charge in [-0.05, 0) is 38.5 Å². The molecule has 0 spiro atoms. The van der Waals surface area contributed by atoms with Crippen molar-refractivity contribution in [1.82, 2.24) is 30.3 Å². The zero-order chi connectivity index (χ0) is 18.2. The maximum atomic E-state index is 4.68. The summed E-state index contributed by atoms with van der Waals surface area (Å²) in [5, 5.41) is 11.1. The van der Waals surface area contributed by atoms with Gasteiger partial charge >= 0.3 is 0 Å². The fraction of sp³-hybridized carbons (Fsp3) is 0.842. The zero-order valence-electron chi connectivity index (χ0n) is 16.5. The molecule has 1 aromatic heterocycles. The number of guanidine groups is 1. The molecule has 2 aliphatic rings. The van der Waals surface area contributed by atoms with Crippen LogP contribution in [-0.2, 0) is 13.6 Å². The van der Waals surface area contributed by atoms with Crippen LogP contribution in [0.1, 0.15) is 57.7 Å². The minimum absolute atomic E-state index is 0.509. The first-order chi connectivity index (χ1) is 12.7. The summed E-state index contributed by atoms with van der Waals surface area (Å²) >= 11 is 0. The Morgan fingerprint density at radius 1 is 1.19 bits per heavy atom. The first-order valence-electron chi connectivity index (χ1n) is 10.3. The Hall–Kier alpha value is -1.63. The SMILES string of the molecule is CCNC(=NCc1ncnn1C)NC1CCN(CC2CCCCC2)CC1. The molecule has 0 aromatic carbocycles. The molecule has 146 valence electrons. The molecular weight excluding hydrogens is 326 g/mol. The number of nitrogens with one attached hydrogen (secondary N) is 2. The first kappa shape index (κ1) is 19.1. The van der Waals surface area contributed by atoms with Crippen LogP contribution < -0.4 is 10.6 Å². The number of aryl methyl sites for hydroxylation is 1. The summed E-state index contributed by atoms with van der Waals surface area (Å²) in [5.74, 6) is 2.71. The Balaban J connectivity index is 1.44. The van der Waals surface area contributed by atoms with Crippen LogP contribution >= 0.6 is 0 Å². The number of aliphatic imine (C=N–C) groups is 1. The number of nitrogens with zero attached hydrogens (tertiary/aromatic N) is 5. The Kier molecular flexibility index (Phi) is 7.29. The maximum Gasteiger partial charge on any atom is 0.191 e. The van der Waals surface area contributed by atoms with E-state index in [9.17, 15) is 0 Å². The van der Waals surface area contributed by atoms with Crippen molar-refractivity contribution in [3.8, 4) is 0 Å². The summed E-state index contributed by atoms with van der Waals surface area (Å²) in [6.07, 6.45) is 11.2. The molecule has 0 atom stereocenters. The van der Waals surface area contributed by atoms with Gasteiger partial charge in [0.2, 0.25) is 0 Å². The molecule has 2 heterocycles. The van der Waals surface area contributed by atoms with Crippen LogP contribution in [0.2, 0.25) is 0 Å². The molecule has 0 unspecified atom stereocenters. The van der Waals surface area contributed by atoms with Crippen LogP contribution in [0.5, 0.6) is 0 Å². The number of likely N-dealkylation sites (tertiary alicyclic amines) is 1. The fourth-order valence-corrected chi connectivity index (χ4v) is 4.12. The van der Waals surface area contributed by atoms with E-state index in [2.05, 4.69) is 37.5 Å². The minimum atomic E-state index is 0.509. The third-order valence-electron chi connectivity index (χ3n) is 5.70. The standard InChI is InChI=1S/C19H35N7/c1-3-20-19(21-13-18-22-15-23-25(18)2)24-17-9-11-26(12-10-17)14-16-7-5-4-6-8-16/h15-17H,3-14H2,1-2H3,(H2,20,21,24). The predicted molar refractivity (Wildman–Crippen MR) is 105 cm³/mol. The molecule has 2 fully saturated rings. The van der Waals surface area contributed by atoms with Gasteiger partial charge in [-0.1, -0.05) is 19.3 Å². The second-order valence-corrected chi connectivity index (χ2v) is 7.72. The summed E-state index contributed by atoms with van der Waals surface area (Å²) in [4.78, 5) is 11.6. The fourth-order valence-electron chi connectivity index (χ4n) is 4.12. The molecule has 2 N–H and O–H groups in total. The highest BCUT2D eigenvalue weighted by atomic mass is 15.3. The van der Waals surface area contributed by atoms with E-state index in [1.807, 2.05) is 7.05 Å². The van der Waals surface area contributed by atoms with Crippen LogP contribution in [-0.4, -0.2) is 57.8 Å². The van der Waals surface area contributed by atoms with E-state index in [0.29, 0.717) is 12.6 Å². The molecule has 7 nitrogen and oxygen atoms in total. The average Bonchev–Trinajstić information content (AvgIpc) is 3.07. The average molecular weight is 362 g/mol.